The second-order valence-electron chi connectivity index (χ2n) is 7.51. The molecule has 1 aromatic heterocycles. The van der Waals surface area contributed by atoms with Crippen molar-refractivity contribution in [1.82, 2.24) is 9.97 Å². The third-order valence-electron chi connectivity index (χ3n) is 5.38. The Balaban J connectivity index is 1.55. The first-order chi connectivity index (χ1) is 14.3. The van der Waals surface area contributed by atoms with Crippen molar-refractivity contribution in [3.8, 4) is 5.75 Å². The van der Waals surface area contributed by atoms with Crippen molar-refractivity contribution in [3.63, 3.8) is 0 Å². The van der Waals surface area contributed by atoms with Crippen LogP contribution in [0, 0.1) is 11.8 Å². The third kappa shape index (κ3) is 4.12. The Labute approximate surface area is 170 Å². The van der Waals surface area contributed by atoms with E-state index in [4.69, 9.17) is 4.74 Å². The topological polar surface area (TPSA) is 87.6 Å². The minimum absolute atomic E-state index is 0.0303. The fourth-order valence-corrected chi connectivity index (χ4v) is 3.75. The molecule has 1 aliphatic carbocycles. The van der Waals surface area contributed by atoms with Crippen molar-refractivity contribution in [3.05, 3.63) is 41.1 Å². The minimum Gasteiger partial charge on any atom is -0.493 e. The SMILES string of the molecule is CCOc1ccc(CNc2nc(N3CC4CC4C3)ncc2C(=O)O)cc1C(F)(F)F. The van der Waals surface area contributed by atoms with Gasteiger partial charge in [0.15, 0.2) is 0 Å². The molecule has 2 unspecified atom stereocenters. The summed E-state index contributed by atoms with van der Waals surface area (Å²) in [5.41, 5.74) is -0.684. The van der Waals surface area contributed by atoms with Gasteiger partial charge < -0.3 is 20.1 Å². The van der Waals surface area contributed by atoms with E-state index < -0.39 is 17.7 Å². The van der Waals surface area contributed by atoms with Gasteiger partial charge in [0.25, 0.3) is 0 Å². The number of rotatable bonds is 7. The molecule has 0 amide bonds. The van der Waals surface area contributed by atoms with E-state index in [-0.39, 0.29) is 30.3 Å². The van der Waals surface area contributed by atoms with Gasteiger partial charge >= 0.3 is 12.1 Å². The van der Waals surface area contributed by atoms with E-state index in [2.05, 4.69) is 15.3 Å². The summed E-state index contributed by atoms with van der Waals surface area (Å²) >= 11 is 0. The third-order valence-corrected chi connectivity index (χ3v) is 5.38. The number of carbonyl (C=O) groups is 1. The van der Waals surface area contributed by atoms with Gasteiger partial charge in [-0.2, -0.15) is 18.2 Å². The summed E-state index contributed by atoms with van der Waals surface area (Å²) < 4.78 is 45.1. The number of piperidine rings is 1. The molecule has 2 atom stereocenters. The summed E-state index contributed by atoms with van der Waals surface area (Å²) in [7, 11) is 0. The number of hydrogen-bond donors (Lipinski definition) is 2. The largest absolute Gasteiger partial charge is 0.493 e. The van der Waals surface area contributed by atoms with Crippen molar-refractivity contribution in [2.45, 2.75) is 26.1 Å². The zero-order valence-corrected chi connectivity index (χ0v) is 16.2. The van der Waals surface area contributed by atoms with Crippen molar-refractivity contribution >= 4 is 17.7 Å². The van der Waals surface area contributed by atoms with E-state index in [1.54, 1.807) is 6.92 Å². The summed E-state index contributed by atoms with van der Waals surface area (Å²) in [6, 6.07) is 3.77. The second-order valence-corrected chi connectivity index (χ2v) is 7.51. The average molecular weight is 422 g/mol. The Hall–Kier alpha value is -3.04. The molecule has 0 spiro atoms. The lowest BCUT2D eigenvalue weighted by molar-refractivity contribution is -0.139. The second kappa shape index (κ2) is 7.66. The molecule has 1 aliphatic heterocycles. The number of carboxylic acid groups (broad SMARTS) is 1. The van der Waals surface area contributed by atoms with Crippen LogP contribution in [-0.2, 0) is 12.7 Å². The summed E-state index contributed by atoms with van der Waals surface area (Å²) in [6.45, 7) is 3.37. The van der Waals surface area contributed by atoms with E-state index in [0.717, 1.165) is 19.2 Å². The molecular weight excluding hydrogens is 401 g/mol. The van der Waals surface area contributed by atoms with Crippen LogP contribution in [-0.4, -0.2) is 40.7 Å². The molecule has 1 saturated heterocycles. The normalized spacial score (nSPS) is 20.1. The standard InChI is InChI=1S/C20H21F3N4O3/c1-2-30-16-4-3-11(5-15(16)20(21,22)23)7-24-17-14(18(28)29)8-25-19(26-17)27-9-12-6-13(12)10-27/h3-5,8,12-13H,2,6-7,9-10H2,1H3,(H,28,29)(H,24,25,26). The van der Waals surface area contributed by atoms with Gasteiger partial charge in [-0.3, -0.25) is 0 Å². The number of anilines is 2. The lowest BCUT2D eigenvalue weighted by Gasteiger charge is -2.19. The number of carboxylic acids is 1. The van der Waals surface area contributed by atoms with Gasteiger partial charge in [0, 0.05) is 25.8 Å². The Bertz CT molecular complexity index is 957. The highest BCUT2D eigenvalue weighted by molar-refractivity contribution is 5.93. The number of nitrogens with zero attached hydrogens (tertiary/aromatic N) is 3. The summed E-state index contributed by atoms with van der Waals surface area (Å²) in [5, 5.41) is 12.3. The Kier molecular flexibility index (Phi) is 5.17. The number of halogens is 3. The van der Waals surface area contributed by atoms with Gasteiger partial charge in [-0.1, -0.05) is 6.07 Å². The molecule has 0 radical (unpaired) electrons. The molecule has 2 fully saturated rings. The Morgan fingerprint density at radius 3 is 2.70 bits per heavy atom. The van der Waals surface area contributed by atoms with Crippen molar-refractivity contribution in [2.24, 2.45) is 11.8 Å². The number of ether oxygens (including phenoxy) is 1. The number of aromatic carboxylic acids is 1. The highest BCUT2D eigenvalue weighted by atomic mass is 19.4. The molecule has 7 nitrogen and oxygen atoms in total. The number of fused-ring (bicyclic) bond motifs is 1. The zero-order valence-electron chi connectivity index (χ0n) is 16.2. The Morgan fingerprint density at radius 2 is 2.07 bits per heavy atom. The number of nitrogens with one attached hydrogen (secondary N) is 1. The molecule has 10 heteroatoms. The van der Waals surface area contributed by atoms with Gasteiger partial charge in [0.2, 0.25) is 5.95 Å². The molecule has 160 valence electrons. The fraction of sp³-hybridized carbons (Fsp3) is 0.450. The van der Waals surface area contributed by atoms with E-state index in [0.29, 0.717) is 23.3 Å². The van der Waals surface area contributed by atoms with E-state index in [9.17, 15) is 23.1 Å². The van der Waals surface area contributed by atoms with E-state index in [1.165, 1.54) is 24.8 Å². The maximum absolute atomic E-state index is 13.3. The quantitative estimate of drug-likeness (QED) is 0.704. The smallest absolute Gasteiger partial charge is 0.419 e. The summed E-state index contributed by atoms with van der Waals surface area (Å²) in [4.78, 5) is 22.0. The molecule has 1 aromatic carbocycles. The summed E-state index contributed by atoms with van der Waals surface area (Å²) in [5.74, 6) is 0.350. The van der Waals surface area contributed by atoms with Gasteiger partial charge in [-0.15, -0.1) is 0 Å². The number of hydrogen-bond acceptors (Lipinski definition) is 6. The van der Waals surface area contributed by atoms with Gasteiger partial charge in [-0.25, -0.2) is 9.78 Å². The predicted octanol–water partition coefficient (Wildman–Crippen LogP) is 3.66. The van der Waals surface area contributed by atoms with E-state index >= 15 is 0 Å². The molecule has 4 rings (SSSR count). The molecular formula is C20H21F3N4O3. The number of aromatic nitrogens is 2. The van der Waals surface area contributed by atoms with Gasteiger partial charge in [0.1, 0.15) is 17.1 Å². The lowest BCUT2D eigenvalue weighted by atomic mass is 10.1. The van der Waals surface area contributed by atoms with E-state index in [1.807, 2.05) is 4.90 Å². The van der Waals surface area contributed by atoms with Crippen LogP contribution in [0.5, 0.6) is 5.75 Å². The van der Waals surface area contributed by atoms with Crippen molar-refractivity contribution < 1.29 is 27.8 Å². The van der Waals surface area contributed by atoms with Crippen LogP contribution in [0.1, 0.15) is 34.8 Å². The van der Waals surface area contributed by atoms with Gasteiger partial charge in [-0.05, 0) is 42.9 Å². The molecule has 0 bridgehead atoms. The van der Waals surface area contributed by atoms with Crippen molar-refractivity contribution in [1.29, 1.82) is 0 Å². The number of benzene rings is 1. The highest BCUT2D eigenvalue weighted by Crippen LogP contribution is 2.45. The van der Waals surface area contributed by atoms with Crippen LogP contribution < -0.4 is 15.0 Å². The Morgan fingerprint density at radius 1 is 1.33 bits per heavy atom. The van der Waals surface area contributed by atoms with Crippen LogP contribution in [0.15, 0.2) is 24.4 Å². The first-order valence-corrected chi connectivity index (χ1v) is 9.68. The monoisotopic (exact) mass is 422 g/mol. The van der Waals surface area contributed by atoms with Crippen LogP contribution in [0.4, 0.5) is 24.9 Å². The molecule has 2 aromatic rings. The molecule has 30 heavy (non-hydrogen) atoms. The highest BCUT2D eigenvalue weighted by Gasteiger charge is 2.46. The lowest BCUT2D eigenvalue weighted by Crippen LogP contribution is -2.25. The fourth-order valence-electron chi connectivity index (χ4n) is 3.75. The minimum atomic E-state index is -4.56. The number of alkyl halides is 3. The van der Waals surface area contributed by atoms with Crippen LogP contribution in [0.25, 0.3) is 0 Å². The maximum atomic E-state index is 13.3. The average Bonchev–Trinajstić information content (AvgIpc) is 3.31. The van der Waals surface area contributed by atoms with Crippen LogP contribution in [0.3, 0.4) is 0 Å². The van der Waals surface area contributed by atoms with Crippen LogP contribution >= 0.6 is 0 Å². The maximum Gasteiger partial charge on any atom is 0.419 e. The first kappa shape index (κ1) is 20.2. The van der Waals surface area contributed by atoms with Crippen molar-refractivity contribution in [2.75, 3.05) is 29.9 Å². The zero-order chi connectivity index (χ0) is 21.5. The molecule has 2 aliphatic rings. The molecule has 2 N–H and O–H groups in total. The summed E-state index contributed by atoms with van der Waals surface area (Å²) in [6.07, 6.45) is -2.13. The first-order valence-electron chi connectivity index (χ1n) is 9.68. The van der Waals surface area contributed by atoms with Crippen LogP contribution in [0.2, 0.25) is 0 Å². The van der Waals surface area contributed by atoms with Gasteiger partial charge in [0.05, 0.1) is 12.2 Å². The molecule has 2 heterocycles. The molecule has 1 saturated carbocycles. The predicted molar refractivity (Wildman–Crippen MR) is 103 cm³/mol.